The van der Waals surface area contributed by atoms with E-state index in [1.165, 1.54) is 19.3 Å². The number of nitrogens with zero attached hydrogens (tertiary/aromatic N) is 1. The molecule has 0 spiro atoms. The van der Waals surface area contributed by atoms with Crippen LogP contribution in [0.1, 0.15) is 39.5 Å². The number of amidine groups is 1. The van der Waals surface area contributed by atoms with Crippen molar-refractivity contribution in [1.29, 1.82) is 0 Å². The molecule has 64 valence electrons. The lowest BCUT2D eigenvalue weighted by Gasteiger charge is -2.29. The van der Waals surface area contributed by atoms with Crippen LogP contribution in [0.15, 0.2) is 4.99 Å². The highest BCUT2D eigenvalue weighted by atomic mass is 14.9. The highest BCUT2D eigenvalue weighted by Gasteiger charge is 2.23. The fourth-order valence-corrected chi connectivity index (χ4v) is 1.38. The molecule has 1 saturated carbocycles. The summed E-state index contributed by atoms with van der Waals surface area (Å²) >= 11 is 0. The zero-order valence-electron chi connectivity index (χ0n) is 7.51. The Bertz CT molecular complexity index is 148. The molecule has 0 heterocycles. The van der Waals surface area contributed by atoms with Gasteiger partial charge >= 0.3 is 0 Å². The quantitative estimate of drug-likeness (QED) is 0.489. The molecule has 0 radical (unpaired) electrons. The molecule has 1 fully saturated rings. The normalized spacial score (nSPS) is 22.9. The number of hydrogen-bond donors (Lipinski definition) is 1. The molecule has 2 heteroatoms. The van der Waals surface area contributed by atoms with E-state index in [2.05, 4.69) is 11.9 Å². The monoisotopic (exact) mass is 154 g/mol. The fraction of sp³-hybridized carbons (Fsp3) is 0.889. The summed E-state index contributed by atoms with van der Waals surface area (Å²) in [6, 6.07) is 0.462. The van der Waals surface area contributed by atoms with E-state index in [0.29, 0.717) is 6.04 Å². The number of hydrogen-bond acceptors (Lipinski definition) is 1. The molecule has 2 nitrogen and oxygen atoms in total. The number of rotatable bonds is 3. The minimum Gasteiger partial charge on any atom is -0.387 e. The molecule has 2 N–H and O–H groups in total. The summed E-state index contributed by atoms with van der Waals surface area (Å²) in [5.41, 5.74) is 5.64. The van der Waals surface area contributed by atoms with Crippen LogP contribution in [0.2, 0.25) is 0 Å². The maximum Gasteiger partial charge on any atom is 0.0937 e. The van der Waals surface area contributed by atoms with E-state index in [-0.39, 0.29) is 0 Å². The topological polar surface area (TPSA) is 38.4 Å². The Labute approximate surface area is 68.9 Å². The van der Waals surface area contributed by atoms with E-state index in [1.54, 1.807) is 0 Å². The smallest absolute Gasteiger partial charge is 0.0937 e. The van der Waals surface area contributed by atoms with Gasteiger partial charge in [-0.05, 0) is 25.7 Å². The average molecular weight is 154 g/mol. The lowest BCUT2D eigenvalue weighted by atomic mass is 9.81. The molecule has 0 aromatic heterocycles. The third-order valence-electron chi connectivity index (χ3n) is 2.56. The summed E-state index contributed by atoms with van der Waals surface area (Å²) < 4.78 is 0. The van der Waals surface area contributed by atoms with E-state index in [9.17, 15) is 0 Å². The van der Waals surface area contributed by atoms with Crippen molar-refractivity contribution in [3.05, 3.63) is 0 Å². The van der Waals surface area contributed by atoms with Crippen molar-refractivity contribution < 1.29 is 0 Å². The van der Waals surface area contributed by atoms with Gasteiger partial charge in [0.25, 0.3) is 0 Å². The van der Waals surface area contributed by atoms with Gasteiger partial charge in [-0.25, -0.2) is 0 Å². The lowest BCUT2D eigenvalue weighted by molar-refractivity contribution is 0.274. The SMILES string of the molecule is CCC(N)=NC(C)C1CCC1. The summed E-state index contributed by atoms with van der Waals surface area (Å²) in [5, 5.41) is 0. The highest BCUT2D eigenvalue weighted by Crippen LogP contribution is 2.30. The van der Waals surface area contributed by atoms with E-state index < -0.39 is 0 Å². The predicted octanol–water partition coefficient (Wildman–Crippen LogP) is 1.94. The standard InChI is InChI=1S/C9H18N2/c1-3-9(10)11-7(2)8-5-4-6-8/h7-8H,3-6H2,1-2H3,(H2,10,11). The second kappa shape index (κ2) is 3.74. The van der Waals surface area contributed by atoms with Crippen molar-refractivity contribution in [3.8, 4) is 0 Å². The van der Waals surface area contributed by atoms with Crippen molar-refractivity contribution in [2.45, 2.75) is 45.6 Å². The van der Waals surface area contributed by atoms with Crippen LogP contribution in [0.3, 0.4) is 0 Å². The van der Waals surface area contributed by atoms with Gasteiger partial charge in [-0.3, -0.25) is 4.99 Å². The predicted molar refractivity (Wildman–Crippen MR) is 48.7 cm³/mol. The first-order chi connectivity index (χ1) is 5.24. The Hall–Kier alpha value is -0.530. The van der Waals surface area contributed by atoms with Gasteiger partial charge in [0.1, 0.15) is 0 Å². The summed E-state index contributed by atoms with van der Waals surface area (Å²) in [4.78, 5) is 4.41. The number of nitrogens with two attached hydrogens (primary N) is 1. The van der Waals surface area contributed by atoms with Crippen LogP contribution in [0.25, 0.3) is 0 Å². The molecule has 11 heavy (non-hydrogen) atoms. The molecule has 1 unspecified atom stereocenters. The van der Waals surface area contributed by atoms with Crippen LogP contribution in [0.5, 0.6) is 0 Å². The van der Waals surface area contributed by atoms with E-state index in [1.807, 2.05) is 6.92 Å². The van der Waals surface area contributed by atoms with Crippen LogP contribution in [-0.4, -0.2) is 11.9 Å². The second-order valence-electron chi connectivity index (χ2n) is 3.41. The molecule has 0 saturated heterocycles. The first-order valence-corrected chi connectivity index (χ1v) is 4.56. The second-order valence-corrected chi connectivity index (χ2v) is 3.41. The Morgan fingerprint density at radius 1 is 1.64 bits per heavy atom. The van der Waals surface area contributed by atoms with Crippen molar-refractivity contribution in [3.63, 3.8) is 0 Å². The summed E-state index contributed by atoms with van der Waals surface area (Å²) in [6.07, 6.45) is 4.97. The van der Waals surface area contributed by atoms with E-state index in [4.69, 9.17) is 5.73 Å². The van der Waals surface area contributed by atoms with Crippen molar-refractivity contribution >= 4 is 5.84 Å². The van der Waals surface area contributed by atoms with Gasteiger partial charge in [-0.2, -0.15) is 0 Å². The minimum atomic E-state index is 0.462. The van der Waals surface area contributed by atoms with Gasteiger partial charge in [0.05, 0.1) is 11.9 Å². The van der Waals surface area contributed by atoms with Crippen molar-refractivity contribution in [1.82, 2.24) is 0 Å². The van der Waals surface area contributed by atoms with Gasteiger partial charge in [0.15, 0.2) is 0 Å². The van der Waals surface area contributed by atoms with E-state index >= 15 is 0 Å². The van der Waals surface area contributed by atoms with Crippen LogP contribution in [0.4, 0.5) is 0 Å². The maximum atomic E-state index is 5.64. The summed E-state index contributed by atoms with van der Waals surface area (Å²) in [6.45, 7) is 4.22. The molecular weight excluding hydrogens is 136 g/mol. The lowest BCUT2D eigenvalue weighted by Crippen LogP contribution is -2.25. The molecule has 0 amide bonds. The highest BCUT2D eigenvalue weighted by molar-refractivity contribution is 5.80. The molecule has 1 rings (SSSR count). The first kappa shape index (κ1) is 8.57. The Balaban J connectivity index is 2.34. The van der Waals surface area contributed by atoms with Crippen LogP contribution >= 0.6 is 0 Å². The first-order valence-electron chi connectivity index (χ1n) is 4.56. The van der Waals surface area contributed by atoms with Gasteiger partial charge in [-0.1, -0.05) is 13.3 Å². The van der Waals surface area contributed by atoms with Crippen LogP contribution in [0, 0.1) is 5.92 Å². The molecule has 0 aliphatic heterocycles. The van der Waals surface area contributed by atoms with Gasteiger partial charge in [0, 0.05) is 6.42 Å². The van der Waals surface area contributed by atoms with Gasteiger partial charge < -0.3 is 5.73 Å². The van der Waals surface area contributed by atoms with Crippen molar-refractivity contribution in [2.75, 3.05) is 0 Å². The van der Waals surface area contributed by atoms with Crippen molar-refractivity contribution in [2.24, 2.45) is 16.6 Å². The molecule has 0 bridgehead atoms. The largest absolute Gasteiger partial charge is 0.387 e. The van der Waals surface area contributed by atoms with Gasteiger partial charge in [0.2, 0.25) is 0 Å². The zero-order valence-corrected chi connectivity index (χ0v) is 7.51. The summed E-state index contributed by atoms with van der Waals surface area (Å²) in [5.74, 6) is 1.63. The van der Waals surface area contributed by atoms with Crippen LogP contribution < -0.4 is 5.73 Å². The maximum absolute atomic E-state index is 5.64. The molecule has 0 aromatic rings. The minimum absolute atomic E-state index is 0.462. The number of aliphatic imine (C=N–C) groups is 1. The third kappa shape index (κ3) is 2.21. The Morgan fingerprint density at radius 3 is 2.64 bits per heavy atom. The fourth-order valence-electron chi connectivity index (χ4n) is 1.38. The molecule has 1 aliphatic carbocycles. The third-order valence-corrected chi connectivity index (χ3v) is 2.56. The van der Waals surface area contributed by atoms with Gasteiger partial charge in [-0.15, -0.1) is 0 Å². The van der Waals surface area contributed by atoms with Crippen LogP contribution in [-0.2, 0) is 0 Å². The zero-order chi connectivity index (χ0) is 8.27. The molecule has 1 atom stereocenters. The molecular formula is C9H18N2. The summed E-state index contributed by atoms with van der Waals surface area (Å²) in [7, 11) is 0. The van der Waals surface area contributed by atoms with E-state index in [0.717, 1.165) is 18.2 Å². The average Bonchev–Trinajstić information content (AvgIpc) is 1.83. The Kier molecular flexibility index (Phi) is 2.92. The Morgan fingerprint density at radius 2 is 2.27 bits per heavy atom. The molecule has 0 aromatic carbocycles. The molecule has 1 aliphatic rings.